The number of likely N-dealkylation sites (tertiary alicyclic amines) is 1. The lowest BCUT2D eigenvalue weighted by atomic mass is 9.85. The zero-order valence-electron chi connectivity index (χ0n) is 17.7. The van der Waals surface area contributed by atoms with Crippen molar-refractivity contribution in [2.75, 3.05) is 26.2 Å². The topological polar surface area (TPSA) is 49.8 Å². The molecule has 0 spiro atoms. The van der Waals surface area contributed by atoms with Crippen LogP contribution in [-0.4, -0.2) is 42.2 Å². The van der Waals surface area contributed by atoms with Gasteiger partial charge in [-0.3, -0.25) is 4.90 Å². The number of nitrogens with zero attached hydrogens (tertiary/aromatic N) is 1. The second-order valence-electron chi connectivity index (χ2n) is 8.06. The number of carbonyl (C=O) groups is 1. The second-order valence-corrected chi connectivity index (χ2v) is 8.06. The quantitative estimate of drug-likeness (QED) is 0.572. The van der Waals surface area contributed by atoms with Crippen molar-refractivity contribution in [2.24, 2.45) is 0 Å². The molecule has 4 nitrogen and oxygen atoms in total. The van der Waals surface area contributed by atoms with Crippen LogP contribution in [0.4, 0.5) is 0 Å². The van der Waals surface area contributed by atoms with Crippen LogP contribution in [0.1, 0.15) is 30.4 Å². The molecule has 4 rings (SSSR count). The minimum absolute atomic E-state index is 0.274. The Morgan fingerprint density at radius 1 is 0.774 bits per heavy atom. The van der Waals surface area contributed by atoms with Gasteiger partial charge in [0.25, 0.3) is 0 Å². The molecule has 1 atom stereocenters. The SMILES string of the molecule is O=C(OCCN1CCCCC1)[C@@](O)(c1ccccc1)c1ccc(-c2ccccc2)cc1. The van der Waals surface area contributed by atoms with Crippen molar-refractivity contribution in [1.29, 1.82) is 0 Å². The lowest BCUT2D eigenvalue weighted by Gasteiger charge is -2.29. The molecule has 0 unspecified atom stereocenters. The Balaban J connectivity index is 1.55. The molecule has 0 aliphatic carbocycles. The summed E-state index contributed by atoms with van der Waals surface area (Å²) in [6.45, 7) is 3.06. The average molecular weight is 416 g/mol. The predicted molar refractivity (Wildman–Crippen MR) is 123 cm³/mol. The third-order valence-corrected chi connectivity index (χ3v) is 5.99. The number of carbonyl (C=O) groups excluding carboxylic acids is 1. The zero-order valence-corrected chi connectivity index (χ0v) is 17.7. The van der Waals surface area contributed by atoms with Crippen LogP contribution in [0.15, 0.2) is 84.9 Å². The van der Waals surface area contributed by atoms with Gasteiger partial charge in [-0.05, 0) is 48.2 Å². The molecule has 4 heteroatoms. The maximum absolute atomic E-state index is 13.2. The van der Waals surface area contributed by atoms with Crippen LogP contribution in [-0.2, 0) is 15.1 Å². The number of benzene rings is 3. The number of rotatable bonds is 7. The van der Waals surface area contributed by atoms with Gasteiger partial charge in [-0.1, -0.05) is 91.3 Å². The second kappa shape index (κ2) is 9.90. The van der Waals surface area contributed by atoms with Crippen molar-refractivity contribution in [2.45, 2.75) is 24.9 Å². The van der Waals surface area contributed by atoms with E-state index in [1.165, 1.54) is 19.3 Å². The number of ether oxygens (including phenoxy) is 1. The minimum Gasteiger partial charge on any atom is -0.462 e. The van der Waals surface area contributed by atoms with Crippen molar-refractivity contribution >= 4 is 5.97 Å². The molecule has 0 saturated carbocycles. The first-order chi connectivity index (χ1) is 15.2. The molecule has 0 amide bonds. The Bertz CT molecular complexity index is 966. The van der Waals surface area contributed by atoms with Crippen molar-refractivity contribution < 1.29 is 14.6 Å². The van der Waals surface area contributed by atoms with Gasteiger partial charge in [0.1, 0.15) is 6.61 Å². The maximum Gasteiger partial charge on any atom is 0.347 e. The molecule has 0 radical (unpaired) electrons. The first-order valence-corrected chi connectivity index (χ1v) is 11.0. The lowest BCUT2D eigenvalue weighted by molar-refractivity contribution is -0.162. The molecule has 1 aliphatic rings. The Labute approximate surface area is 184 Å². The van der Waals surface area contributed by atoms with Crippen molar-refractivity contribution in [3.05, 3.63) is 96.1 Å². The summed E-state index contributed by atoms with van der Waals surface area (Å²) in [5, 5.41) is 11.6. The van der Waals surface area contributed by atoms with E-state index in [4.69, 9.17) is 4.74 Å². The number of piperidine rings is 1. The molecular formula is C27H29NO3. The van der Waals surface area contributed by atoms with Crippen molar-refractivity contribution in [3.63, 3.8) is 0 Å². The molecule has 1 heterocycles. The van der Waals surface area contributed by atoms with Gasteiger partial charge in [0, 0.05) is 6.54 Å². The lowest BCUT2D eigenvalue weighted by Crippen LogP contribution is -2.40. The highest BCUT2D eigenvalue weighted by Crippen LogP contribution is 2.32. The molecule has 1 fully saturated rings. The summed E-state index contributed by atoms with van der Waals surface area (Å²) < 4.78 is 5.60. The van der Waals surface area contributed by atoms with Crippen LogP contribution in [0.2, 0.25) is 0 Å². The normalized spacial score (nSPS) is 16.4. The standard InChI is InChI=1S/C27H29NO3/c29-26(31-21-20-28-18-8-3-9-19-28)27(30,24-12-6-2-7-13-24)25-16-14-23(15-17-25)22-10-4-1-5-11-22/h1-2,4-7,10-17,30H,3,8-9,18-21H2/t27-/m1/s1. The first-order valence-electron chi connectivity index (χ1n) is 11.0. The fourth-order valence-electron chi connectivity index (χ4n) is 4.17. The van der Waals surface area contributed by atoms with Gasteiger partial charge in [-0.25, -0.2) is 4.79 Å². The van der Waals surface area contributed by atoms with E-state index in [0.717, 1.165) is 24.2 Å². The highest BCUT2D eigenvalue weighted by molar-refractivity contribution is 5.85. The monoisotopic (exact) mass is 415 g/mol. The van der Waals surface area contributed by atoms with Crippen LogP contribution >= 0.6 is 0 Å². The van der Waals surface area contributed by atoms with Crippen LogP contribution in [0.5, 0.6) is 0 Å². The molecule has 31 heavy (non-hydrogen) atoms. The van der Waals surface area contributed by atoms with Gasteiger partial charge in [0.05, 0.1) is 0 Å². The van der Waals surface area contributed by atoms with E-state index in [9.17, 15) is 9.90 Å². The Hall–Kier alpha value is -2.95. The zero-order chi connectivity index (χ0) is 21.5. The van der Waals surface area contributed by atoms with Crippen LogP contribution in [0.25, 0.3) is 11.1 Å². The van der Waals surface area contributed by atoms with Gasteiger partial charge in [-0.15, -0.1) is 0 Å². The number of esters is 1. The highest BCUT2D eigenvalue weighted by Gasteiger charge is 2.41. The first kappa shape index (κ1) is 21.3. The smallest absolute Gasteiger partial charge is 0.347 e. The number of hydrogen-bond acceptors (Lipinski definition) is 4. The molecule has 1 N–H and O–H groups in total. The summed E-state index contributed by atoms with van der Waals surface area (Å²) in [4.78, 5) is 15.5. The van der Waals surface area contributed by atoms with Crippen molar-refractivity contribution in [3.8, 4) is 11.1 Å². The molecule has 0 aromatic heterocycles. The molecule has 0 bridgehead atoms. The molecule has 160 valence electrons. The summed E-state index contributed by atoms with van der Waals surface area (Å²) in [6, 6.07) is 26.5. The van der Waals surface area contributed by atoms with E-state index in [1.54, 1.807) is 24.3 Å². The Morgan fingerprint density at radius 3 is 1.97 bits per heavy atom. The molecule has 3 aromatic carbocycles. The van der Waals surface area contributed by atoms with E-state index in [0.29, 0.717) is 17.7 Å². The molecular weight excluding hydrogens is 386 g/mol. The molecule has 1 saturated heterocycles. The average Bonchev–Trinajstić information content (AvgIpc) is 2.85. The van der Waals surface area contributed by atoms with E-state index >= 15 is 0 Å². The van der Waals surface area contributed by atoms with E-state index in [1.807, 2.05) is 60.7 Å². The van der Waals surface area contributed by atoms with Gasteiger partial charge in [-0.2, -0.15) is 0 Å². The maximum atomic E-state index is 13.2. The van der Waals surface area contributed by atoms with Crippen LogP contribution < -0.4 is 0 Å². The summed E-state index contributed by atoms with van der Waals surface area (Å²) in [7, 11) is 0. The summed E-state index contributed by atoms with van der Waals surface area (Å²) in [5.41, 5.74) is 1.27. The summed E-state index contributed by atoms with van der Waals surface area (Å²) >= 11 is 0. The fraction of sp³-hybridized carbons (Fsp3) is 0.296. The fourth-order valence-corrected chi connectivity index (χ4v) is 4.17. The Morgan fingerprint density at radius 2 is 1.32 bits per heavy atom. The van der Waals surface area contributed by atoms with E-state index in [2.05, 4.69) is 4.90 Å². The van der Waals surface area contributed by atoms with Crippen LogP contribution in [0, 0.1) is 0 Å². The Kier molecular flexibility index (Phi) is 6.80. The third kappa shape index (κ3) is 4.87. The van der Waals surface area contributed by atoms with Gasteiger partial charge < -0.3 is 9.84 Å². The highest BCUT2D eigenvalue weighted by atomic mass is 16.5. The third-order valence-electron chi connectivity index (χ3n) is 5.99. The minimum atomic E-state index is -1.85. The van der Waals surface area contributed by atoms with Gasteiger partial charge in [0.15, 0.2) is 0 Å². The van der Waals surface area contributed by atoms with Crippen molar-refractivity contribution in [1.82, 2.24) is 4.90 Å². The van der Waals surface area contributed by atoms with E-state index < -0.39 is 11.6 Å². The van der Waals surface area contributed by atoms with E-state index in [-0.39, 0.29) is 6.61 Å². The van der Waals surface area contributed by atoms with Gasteiger partial charge >= 0.3 is 5.97 Å². The predicted octanol–water partition coefficient (Wildman–Crippen LogP) is 4.62. The molecule has 1 aliphatic heterocycles. The number of aliphatic hydroxyl groups is 1. The summed E-state index contributed by atoms with van der Waals surface area (Å²) in [6.07, 6.45) is 3.65. The molecule has 3 aromatic rings. The van der Waals surface area contributed by atoms with Crippen LogP contribution in [0.3, 0.4) is 0 Å². The van der Waals surface area contributed by atoms with Gasteiger partial charge in [0.2, 0.25) is 5.60 Å². The largest absolute Gasteiger partial charge is 0.462 e. The summed E-state index contributed by atoms with van der Waals surface area (Å²) in [5.74, 6) is -0.636. The number of hydrogen-bond donors (Lipinski definition) is 1.